The highest BCUT2D eigenvalue weighted by Gasteiger charge is 2.41. The third-order valence-corrected chi connectivity index (χ3v) is 5.43. The highest BCUT2D eigenvalue weighted by Crippen LogP contribution is 2.43. The van der Waals surface area contributed by atoms with Gasteiger partial charge in [0.25, 0.3) is 0 Å². The van der Waals surface area contributed by atoms with Crippen LogP contribution in [0.4, 0.5) is 29.5 Å². The molecule has 2 heterocycles. The van der Waals surface area contributed by atoms with Crippen LogP contribution in [0.3, 0.4) is 0 Å². The van der Waals surface area contributed by atoms with E-state index in [9.17, 15) is 22.8 Å². The minimum Gasteiger partial charge on any atom is -0.383 e. The van der Waals surface area contributed by atoms with E-state index in [0.29, 0.717) is 11.6 Å². The summed E-state index contributed by atoms with van der Waals surface area (Å²) in [6.07, 6.45) is -3.34. The van der Waals surface area contributed by atoms with Gasteiger partial charge in [0.15, 0.2) is 5.92 Å². The SMILES string of the molecule is CCN1C(=O)C(C=NCCOC)C(=O)N(c2cccs2)c2cc(C(F)(F)F)ccc21. The van der Waals surface area contributed by atoms with Gasteiger partial charge in [0.1, 0.15) is 5.00 Å². The summed E-state index contributed by atoms with van der Waals surface area (Å²) in [6, 6.07) is 6.37. The first kappa shape index (κ1) is 22.0. The van der Waals surface area contributed by atoms with Gasteiger partial charge in [0.05, 0.1) is 30.1 Å². The molecule has 0 fully saturated rings. The zero-order valence-corrected chi connectivity index (χ0v) is 17.2. The van der Waals surface area contributed by atoms with Crippen molar-refractivity contribution in [3.05, 3.63) is 41.3 Å². The summed E-state index contributed by atoms with van der Waals surface area (Å²) in [6.45, 7) is 2.45. The van der Waals surface area contributed by atoms with Crippen molar-refractivity contribution in [2.24, 2.45) is 10.9 Å². The molecule has 2 amide bonds. The van der Waals surface area contributed by atoms with Crippen LogP contribution in [0.25, 0.3) is 0 Å². The molecular weight excluding hydrogens is 419 g/mol. The Morgan fingerprint density at radius 3 is 2.57 bits per heavy atom. The van der Waals surface area contributed by atoms with Gasteiger partial charge in [-0.2, -0.15) is 13.2 Å². The van der Waals surface area contributed by atoms with E-state index in [0.717, 1.165) is 12.1 Å². The number of anilines is 3. The largest absolute Gasteiger partial charge is 0.416 e. The molecule has 1 aromatic heterocycles. The Balaban J connectivity index is 2.18. The van der Waals surface area contributed by atoms with Crippen LogP contribution in [0.15, 0.2) is 40.7 Å². The number of halogens is 3. The van der Waals surface area contributed by atoms with Crippen LogP contribution in [-0.2, 0) is 20.5 Å². The Morgan fingerprint density at radius 1 is 1.20 bits per heavy atom. The van der Waals surface area contributed by atoms with Gasteiger partial charge < -0.3 is 9.64 Å². The summed E-state index contributed by atoms with van der Waals surface area (Å²) in [7, 11) is 1.50. The molecule has 1 unspecified atom stereocenters. The first-order valence-corrected chi connectivity index (χ1v) is 10.1. The molecule has 0 spiro atoms. The van der Waals surface area contributed by atoms with Crippen LogP contribution >= 0.6 is 11.3 Å². The third-order valence-electron chi connectivity index (χ3n) is 4.57. The Bertz CT molecular complexity index is 945. The van der Waals surface area contributed by atoms with Gasteiger partial charge >= 0.3 is 6.18 Å². The number of methoxy groups -OCH3 is 1. The van der Waals surface area contributed by atoms with Crippen molar-refractivity contribution in [3.63, 3.8) is 0 Å². The van der Waals surface area contributed by atoms with E-state index in [1.54, 1.807) is 24.4 Å². The van der Waals surface area contributed by atoms with Crippen molar-refractivity contribution in [1.82, 2.24) is 0 Å². The second kappa shape index (κ2) is 8.97. The molecule has 0 N–H and O–H groups in total. The Hall–Kier alpha value is -2.72. The molecule has 0 saturated heterocycles. The molecule has 1 aliphatic rings. The standard InChI is InChI=1S/C20H20F3N3O3S/c1-3-25-15-7-6-13(20(21,22)23)11-16(15)26(17-5-4-10-30-17)19(28)14(18(25)27)12-24-8-9-29-2/h4-7,10-12,14H,3,8-9H2,1-2H3. The number of carbonyl (C=O) groups is 2. The molecule has 0 saturated carbocycles. The van der Waals surface area contributed by atoms with E-state index in [4.69, 9.17) is 4.74 Å². The quantitative estimate of drug-likeness (QED) is 0.386. The van der Waals surface area contributed by atoms with Crippen molar-refractivity contribution in [2.75, 3.05) is 36.6 Å². The predicted molar refractivity (Wildman–Crippen MR) is 110 cm³/mol. The van der Waals surface area contributed by atoms with Gasteiger partial charge in [-0.15, -0.1) is 11.3 Å². The molecule has 1 aromatic carbocycles. The zero-order chi connectivity index (χ0) is 21.9. The molecule has 0 radical (unpaired) electrons. The molecule has 160 valence electrons. The number of hydrogen-bond acceptors (Lipinski definition) is 5. The van der Waals surface area contributed by atoms with E-state index >= 15 is 0 Å². The Morgan fingerprint density at radius 2 is 1.97 bits per heavy atom. The van der Waals surface area contributed by atoms with Crippen molar-refractivity contribution in [1.29, 1.82) is 0 Å². The van der Waals surface area contributed by atoms with Crippen LogP contribution in [0, 0.1) is 5.92 Å². The van der Waals surface area contributed by atoms with Crippen LogP contribution in [0.2, 0.25) is 0 Å². The molecule has 10 heteroatoms. The monoisotopic (exact) mass is 439 g/mol. The van der Waals surface area contributed by atoms with Crippen molar-refractivity contribution >= 4 is 45.7 Å². The Labute approximate surface area is 175 Å². The number of alkyl halides is 3. The highest BCUT2D eigenvalue weighted by molar-refractivity contribution is 7.14. The fourth-order valence-corrected chi connectivity index (χ4v) is 3.91. The van der Waals surface area contributed by atoms with Crippen LogP contribution in [-0.4, -0.2) is 44.8 Å². The van der Waals surface area contributed by atoms with E-state index in [1.807, 2.05) is 0 Å². The lowest BCUT2D eigenvalue weighted by molar-refractivity contribution is -0.137. The summed E-state index contributed by atoms with van der Waals surface area (Å²) in [5, 5.41) is 2.13. The van der Waals surface area contributed by atoms with Gasteiger partial charge in [0, 0.05) is 19.9 Å². The number of hydrogen-bond donors (Lipinski definition) is 0. The molecule has 6 nitrogen and oxygen atoms in total. The normalized spacial score (nSPS) is 17.6. The number of rotatable bonds is 6. The van der Waals surface area contributed by atoms with E-state index < -0.39 is 29.5 Å². The van der Waals surface area contributed by atoms with E-state index in [2.05, 4.69) is 4.99 Å². The van der Waals surface area contributed by atoms with Crippen molar-refractivity contribution in [3.8, 4) is 0 Å². The minimum absolute atomic E-state index is 0.0141. The number of benzene rings is 1. The minimum atomic E-state index is -4.59. The fraction of sp³-hybridized carbons (Fsp3) is 0.350. The average molecular weight is 439 g/mol. The molecule has 2 aromatic rings. The van der Waals surface area contributed by atoms with Gasteiger partial charge in [0.2, 0.25) is 11.8 Å². The molecule has 1 atom stereocenters. The summed E-state index contributed by atoms with van der Waals surface area (Å²) in [4.78, 5) is 33.1. The summed E-state index contributed by atoms with van der Waals surface area (Å²) >= 11 is 1.19. The fourth-order valence-electron chi connectivity index (χ4n) is 3.16. The van der Waals surface area contributed by atoms with Gasteiger partial charge in [-0.3, -0.25) is 19.5 Å². The van der Waals surface area contributed by atoms with Gasteiger partial charge in [-0.05, 0) is 42.6 Å². The number of fused-ring (bicyclic) bond motifs is 1. The lowest BCUT2D eigenvalue weighted by Crippen LogP contribution is -2.41. The maximum atomic E-state index is 13.4. The van der Waals surface area contributed by atoms with Crippen LogP contribution in [0.1, 0.15) is 12.5 Å². The van der Waals surface area contributed by atoms with E-state index in [1.165, 1.54) is 40.5 Å². The number of aliphatic imine (C=N–C) groups is 1. The van der Waals surface area contributed by atoms with E-state index in [-0.39, 0.29) is 24.5 Å². The zero-order valence-electron chi connectivity index (χ0n) is 16.3. The second-order valence-corrected chi connectivity index (χ2v) is 7.36. The highest BCUT2D eigenvalue weighted by atomic mass is 32.1. The maximum absolute atomic E-state index is 13.4. The smallest absolute Gasteiger partial charge is 0.383 e. The molecule has 0 bridgehead atoms. The molecule has 1 aliphatic heterocycles. The Kier molecular flexibility index (Phi) is 6.57. The first-order chi connectivity index (χ1) is 14.3. The number of nitrogens with zero attached hydrogens (tertiary/aromatic N) is 3. The van der Waals surface area contributed by atoms with Crippen molar-refractivity contribution < 1.29 is 27.5 Å². The first-order valence-electron chi connectivity index (χ1n) is 9.18. The third kappa shape index (κ3) is 4.24. The predicted octanol–water partition coefficient (Wildman–Crippen LogP) is 4.13. The molecule has 3 rings (SSSR count). The molecule has 0 aliphatic carbocycles. The summed E-state index contributed by atoms with van der Waals surface area (Å²) in [5.41, 5.74) is -0.642. The van der Waals surface area contributed by atoms with Gasteiger partial charge in [-0.25, -0.2) is 0 Å². The summed E-state index contributed by atoms with van der Waals surface area (Å²) < 4.78 is 45.1. The number of thiophene rings is 1. The summed E-state index contributed by atoms with van der Waals surface area (Å²) in [5.74, 6) is -2.45. The maximum Gasteiger partial charge on any atom is 0.416 e. The van der Waals surface area contributed by atoms with Crippen LogP contribution in [0.5, 0.6) is 0 Å². The number of ether oxygens (including phenoxy) is 1. The average Bonchev–Trinajstić information content (AvgIpc) is 3.20. The topological polar surface area (TPSA) is 62.2 Å². The van der Waals surface area contributed by atoms with Crippen LogP contribution < -0.4 is 9.80 Å². The molecular formula is C20H20F3N3O3S. The number of amides is 2. The van der Waals surface area contributed by atoms with Crippen molar-refractivity contribution in [2.45, 2.75) is 13.1 Å². The van der Waals surface area contributed by atoms with Gasteiger partial charge in [-0.1, -0.05) is 0 Å². The second-order valence-electron chi connectivity index (χ2n) is 6.43. The molecule has 30 heavy (non-hydrogen) atoms. The lowest BCUT2D eigenvalue weighted by Gasteiger charge is -2.25. The number of carbonyl (C=O) groups excluding carboxylic acids is 2. The lowest BCUT2D eigenvalue weighted by atomic mass is 10.1.